The summed E-state index contributed by atoms with van der Waals surface area (Å²) in [6.45, 7) is 0. The van der Waals surface area contributed by atoms with Crippen LogP contribution in [0.5, 0.6) is 0 Å². The van der Waals surface area contributed by atoms with Crippen LogP contribution in [0.25, 0.3) is 11.3 Å². The van der Waals surface area contributed by atoms with Crippen LogP contribution in [0.3, 0.4) is 0 Å². The molecule has 1 aliphatic heterocycles. The topological polar surface area (TPSA) is 131 Å². The quantitative estimate of drug-likeness (QED) is 0.195. The number of anilines is 2. The Bertz CT molecular complexity index is 1560. The lowest BCUT2D eigenvalue weighted by atomic mass is 10.0. The number of hydrogen-bond acceptors (Lipinski definition) is 7. The van der Waals surface area contributed by atoms with Crippen LogP contribution in [0.2, 0.25) is 0 Å². The maximum atomic E-state index is 11.6. The number of hydrogen-bond donors (Lipinski definition) is 2. The summed E-state index contributed by atoms with van der Waals surface area (Å²) in [5, 5.41) is 14.8. The van der Waals surface area contributed by atoms with E-state index in [2.05, 4.69) is 15.0 Å². The molecule has 188 valence electrons. The summed E-state index contributed by atoms with van der Waals surface area (Å²) in [6, 6.07) is 21.5. The Kier molecular flexibility index (Phi) is 6.36. The second-order valence-electron chi connectivity index (χ2n) is 8.42. The second kappa shape index (κ2) is 9.64. The van der Waals surface area contributed by atoms with Gasteiger partial charge in [-0.2, -0.15) is 0 Å². The first kappa shape index (κ1) is 24.4. The zero-order valence-electron chi connectivity index (χ0n) is 19.4. The molecule has 1 aliphatic rings. The van der Waals surface area contributed by atoms with E-state index in [-0.39, 0.29) is 11.7 Å². The number of pyridine rings is 1. The van der Waals surface area contributed by atoms with Crippen LogP contribution in [-0.2, 0) is 10.0 Å². The highest BCUT2D eigenvalue weighted by Crippen LogP contribution is 2.43. The number of aromatic nitrogens is 1. The number of thiocarbonyl (C=S) groups is 1. The van der Waals surface area contributed by atoms with Crippen LogP contribution in [0.4, 0.5) is 17.1 Å². The van der Waals surface area contributed by atoms with Crippen LogP contribution in [0.15, 0.2) is 89.5 Å². The Morgan fingerprint density at radius 2 is 1.78 bits per heavy atom. The molecule has 0 bridgehead atoms. The lowest BCUT2D eigenvalue weighted by molar-refractivity contribution is -0.384. The highest BCUT2D eigenvalue weighted by Gasteiger charge is 2.42. The van der Waals surface area contributed by atoms with Crippen molar-refractivity contribution >= 4 is 44.4 Å². The molecule has 10 nitrogen and oxygen atoms in total. The Labute approximate surface area is 218 Å². The van der Waals surface area contributed by atoms with Crippen LogP contribution in [0.1, 0.15) is 23.5 Å². The predicted molar refractivity (Wildman–Crippen MR) is 144 cm³/mol. The van der Waals surface area contributed by atoms with Gasteiger partial charge in [0, 0.05) is 35.3 Å². The van der Waals surface area contributed by atoms with Crippen molar-refractivity contribution in [1.29, 1.82) is 0 Å². The summed E-state index contributed by atoms with van der Waals surface area (Å²) in [7, 11) is -3.41. The second-order valence-corrected chi connectivity index (χ2v) is 10.6. The molecule has 1 fully saturated rings. The molecular weight excluding hydrogens is 514 g/mol. The normalized spacial score (nSPS) is 17.4. The van der Waals surface area contributed by atoms with Gasteiger partial charge in [0.05, 0.1) is 22.9 Å². The maximum absolute atomic E-state index is 11.6. The maximum Gasteiger partial charge on any atom is 0.269 e. The van der Waals surface area contributed by atoms with Gasteiger partial charge in [-0.1, -0.05) is 6.07 Å². The fraction of sp³-hybridized carbons (Fsp3) is 0.120. The molecule has 2 N–H and O–H groups in total. The fourth-order valence-electron chi connectivity index (χ4n) is 4.24. The standard InChI is InChI=1S/C25H21N5O5S2/c1-37(33,34)28-17-7-11-18(12-8-17)29-24(23(27-25(29)36)20-4-2-3-15-26-20)22-14-13-21(35-22)16-5-9-19(10-6-16)30(31)32/h2-15,23-24,28H,1H3,(H,27,36)/t23-,24-/m0/s1. The number of furan rings is 1. The Hall–Kier alpha value is -4.29. The molecule has 0 spiro atoms. The molecular formula is C25H21N5O5S2. The summed E-state index contributed by atoms with van der Waals surface area (Å²) >= 11 is 5.71. The van der Waals surface area contributed by atoms with Gasteiger partial charge >= 0.3 is 0 Å². The third-order valence-corrected chi connectivity index (χ3v) is 6.75. The molecule has 12 heteroatoms. The zero-order valence-corrected chi connectivity index (χ0v) is 21.1. The Balaban J connectivity index is 1.53. The predicted octanol–water partition coefficient (Wildman–Crippen LogP) is 4.80. The van der Waals surface area contributed by atoms with E-state index >= 15 is 0 Å². The molecule has 5 rings (SSSR count). The lowest BCUT2D eigenvalue weighted by Gasteiger charge is -2.26. The van der Waals surface area contributed by atoms with Crippen LogP contribution < -0.4 is 14.9 Å². The van der Waals surface area contributed by atoms with Gasteiger partial charge in [-0.15, -0.1) is 0 Å². The van der Waals surface area contributed by atoms with Crippen molar-refractivity contribution in [3.8, 4) is 11.3 Å². The van der Waals surface area contributed by atoms with Crippen molar-refractivity contribution in [2.24, 2.45) is 0 Å². The number of nitrogens with zero attached hydrogens (tertiary/aromatic N) is 3. The van der Waals surface area contributed by atoms with Crippen molar-refractivity contribution in [3.05, 3.63) is 107 Å². The Morgan fingerprint density at radius 1 is 1.05 bits per heavy atom. The van der Waals surface area contributed by atoms with E-state index in [9.17, 15) is 18.5 Å². The largest absolute Gasteiger partial charge is 0.459 e. The smallest absolute Gasteiger partial charge is 0.269 e. The third kappa shape index (κ3) is 5.15. The number of benzene rings is 2. The monoisotopic (exact) mass is 535 g/mol. The highest BCUT2D eigenvalue weighted by molar-refractivity contribution is 7.92. The van der Waals surface area contributed by atoms with E-state index in [4.69, 9.17) is 16.6 Å². The minimum Gasteiger partial charge on any atom is -0.459 e. The van der Waals surface area contributed by atoms with Gasteiger partial charge < -0.3 is 14.6 Å². The first-order valence-corrected chi connectivity index (χ1v) is 13.4. The molecule has 1 saturated heterocycles. The number of nitro benzene ring substituents is 1. The molecule has 4 aromatic rings. The molecule has 0 radical (unpaired) electrons. The van der Waals surface area contributed by atoms with Crippen molar-refractivity contribution in [2.75, 3.05) is 15.9 Å². The summed E-state index contributed by atoms with van der Waals surface area (Å²) in [5.41, 5.74) is 2.62. The molecule has 37 heavy (non-hydrogen) atoms. The molecule has 2 atom stereocenters. The molecule has 2 aromatic carbocycles. The van der Waals surface area contributed by atoms with E-state index < -0.39 is 21.0 Å². The van der Waals surface area contributed by atoms with Gasteiger partial charge in [-0.05, 0) is 72.9 Å². The van der Waals surface area contributed by atoms with Gasteiger partial charge in [0.2, 0.25) is 10.0 Å². The van der Waals surface area contributed by atoms with Crippen molar-refractivity contribution < 1.29 is 17.8 Å². The number of nitro groups is 1. The van der Waals surface area contributed by atoms with Crippen molar-refractivity contribution in [2.45, 2.75) is 12.1 Å². The molecule has 2 aromatic heterocycles. The summed E-state index contributed by atoms with van der Waals surface area (Å²) in [5.74, 6) is 1.16. The van der Waals surface area contributed by atoms with Crippen molar-refractivity contribution in [3.63, 3.8) is 0 Å². The number of non-ortho nitro benzene ring substituents is 1. The van der Waals surface area contributed by atoms with E-state index in [1.807, 2.05) is 35.2 Å². The van der Waals surface area contributed by atoms with Gasteiger partial charge in [0.15, 0.2) is 5.11 Å². The zero-order chi connectivity index (χ0) is 26.2. The highest BCUT2D eigenvalue weighted by atomic mass is 32.2. The SMILES string of the molecule is CS(=O)(=O)Nc1ccc(N2C(=S)N[C@@H](c3ccccn3)[C@@H]2c2ccc(-c3ccc([N+](=O)[O-])cc3)o2)cc1. The lowest BCUT2D eigenvalue weighted by Crippen LogP contribution is -2.29. The van der Waals surface area contributed by atoms with Crippen LogP contribution in [-0.4, -0.2) is 29.7 Å². The van der Waals surface area contributed by atoms with E-state index in [0.717, 1.165) is 17.6 Å². The van der Waals surface area contributed by atoms with Gasteiger partial charge in [-0.3, -0.25) is 19.8 Å². The van der Waals surface area contributed by atoms with Gasteiger partial charge in [0.1, 0.15) is 17.6 Å². The van der Waals surface area contributed by atoms with Gasteiger partial charge in [0.25, 0.3) is 5.69 Å². The average Bonchev–Trinajstić information content (AvgIpc) is 3.49. The minimum atomic E-state index is -3.41. The molecule has 0 aliphatic carbocycles. The number of rotatable bonds is 7. The molecule has 0 saturated carbocycles. The molecule has 3 heterocycles. The average molecular weight is 536 g/mol. The minimum absolute atomic E-state index is 0.00364. The number of sulfonamides is 1. The Morgan fingerprint density at radius 3 is 2.41 bits per heavy atom. The summed E-state index contributed by atoms with van der Waals surface area (Å²) in [4.78, 5) is 17.0. The fourth-order valence-corrected chi connectivity index (χ4v) is 5.15. The number of nitrogens with one attached hydrogen (secondary N) is 2. The van der Waals surface area contributed by atoms with Crippen LogP contribution in [0, 0.1) is 10.1 Å². The first-order valence-electron chi connectivity index (χ1n) is 11.1. The van der Waals surface area contributed by atoms with Crippen LogP contribution >= 0.6 is 12.2 Å². The van der Waals surface area contributed by atoms with Gasteiger partial charge in [-0.25, -0.2) is 8.42 Å². The molecule has 0 unspecified atom stereocenters. The third-order valence-electron chi connectivity index (χ3n) is 5.83. The van der Waals surface area contributed by atoms with Crippen molar-refractivity contribution in [1.82, 2.24) is 10.3 Å². The summed E-state index contributed by atoms with van der Waals surface area (Å²) in [6.07, 6.45) is 2.79. The van der Waals surface area contributed by atoms with E-state index in [1.165, 1.54) is 12.1 Å². The van der Waals surface area contributed by atoms with E-state index in [1.54, 1.807) is 42.6 Å². The molecule has 0 amide bonds. The summed E-state index contributed by atoms with van der Waals surface area (Å²) < 4.78 is 31.9. The first-order chi connectivity index (χ1) is 17.7. The van der Waals surface area contributed by atoms with E-state index in [0.29, 0.717) is 27.9 Å².